The van der Waals surface area contributed by atoms with E-state index < -0.39 is 0 Å². The molecule has 1 aromatic rings. The van der Waals surface area contributed by atoms with Crippen LogP contribution in [0.2, 0.25) is 0 Å². The minimum Gasteiger partial charge on any atom is -0.388 e. The van der Waals surface area contributed by atoms with Crippen LogP contribution in [0.4, 0.5) is 5.69 Å². The average molecular weight is 178 g/mol. The van der Waals surface area contributed by atoms with Gasteiger partial charge in [-0.05, 0) is 31.2 Å². The van der Waals surface area contributed by atoms with Gasteiger partial charge in [0.05, 0.1) is 0 Å². The van der Waals surface area contributed by atoms with Crippen LogP contribution < -0.4 is 10.6 Å². The molecule has 0 radical (unpaired) electrons. The zero-order valence-electron chi connectivity index (χ0n) is 8.59. The first-order chi connectivity index (χ1) is 6.31. The molecule has 1 atom stereocenters. The van der Waals surface area contributed by atoms with Crippen LogP contribution in [0, 0.1) is 0 Å². The second-order valence-corrected chi connectivity index (χ2v) is 3.12. The molecule has 13 heavy (non-hydrogen) atoms. The van der Waals surface area contributed by atoms with E-state index in [-0.39, 0.29) is 0 Å². The molecule has 0 aliphatic carbocycles. The van der Waals surface area contributed by atoms with Gasteiger partial charge in [-0.2, -0.15) is 0 Å². The topological polar surface area (TPSA) is 24.1 Å². The Balaban J connectivity index is 2.78. The summed E-state index contributed by atoms with van der Waals surface area (Å²) in [6, 6.07) is 9.02. The molecular formula is C11H18N2. The number of hydrogen-bond acceptors (Lipinski definition) is 2. The average Bonchev–Trinajstić information content (AvgIpc) is 2.21. The van der Waals surface area contributed by atoms with Gasteiger partial charge in [0.1, 0.15) is 0 Å². The third-order valence-corrected chi connectivity index (χ3v) is 2.36. The fourth-order valence-corrected chi connectivity index (χ4v) is 1.49. The summed E-state index contributed by atoms with van der Waals surface area (Å²) in [5, 5.41) is 6.39. The second-order valence-electron chi connectivity index (χ2n) is 3.12. The lowest BCUT2D eigenvalue weighted by molar-refractivity contribution is 0.577. The first-order valence-corrected chi connectivity index (χ1v) is 4.76. The molecule has 0 saturated heterocycles. The Bertz CT molecular complexity index is 237. The van der Waals surface area contributed by atoms with E-state index >= 15 is 0 Å². The molecule has 0 fully saturated rings. The van der Waals surface area contributed by atoms with Crippen LogP contribution in [-0.4, -0.2) is 14.1 Å². The molecule has 72 valence electrons. The lowest BCUT2D eigenvalue weighted by atomic mass is 10.0. The molecule has 1 unspecified atom stereocenters. The Morgan fingerprint density at radius 3 is 2.15 bits per heavy atom. The molecule has 0 aliphatic rings. The highest BCUT2D eigenvalue weighted by atomic mass is 14.9. The van der Waals surface area contributed by atoms with Gasteiger partial charge in [-0.15, -0.1) is 0 Å². The van der Waals surface area contributed by atoms with E-state index in [1.807, 2.05) is 14.1 Å². The Morgan fingerprint density at radius 1 is 1.15 bits per heavy atom. The van der Waals surface area contributed by atoms with Crippen LogP contribution in [0.5, 0.6) is 0 Å². The van der Waals surface area contributed by atoms with Crippen molar-refractivity contribution in [2.24, 2.45) is 0 Å². The summed E-state index contributed by atoms with van der Waals surface area (Å²) in [7, 11) is 3.94. The maximum atomic E-state index is 3.29. The van der Waals surface area contributed by atoms with Gasteiger partial charge in [0.15, 0.2) is 0 Å². The largest absolute Gasteiger partial charge is 0.388 e. The van der Waals surface area contributed by atoms with Crippen molar-refractivity contribution in [1.29, 1.82) is 0 Å². The normalized spacial score (nSPS) is 12.5. The monoisotopic (exact) mass is 178 g/mol. The predicted molar refractivity (Wildman–Crippen MR) is 58.1 cm³/mol. The van der Waals surface area contributed by atoms with Crippen LogP contribution >= 0.6 is 0 Å². The van der Waals surface area contributed by atoms with Gasteiger partial charge >= 0.3 is 0 Å². The number of benzene rings is 1. The molecular weight excluding hydrogens is 160 g/mol. The molecule has 0 amide bonds. The zero-order valence-corrected chi connectivity index (χ0v) is 8.59. The molecule has 0 bridgehead atoms. The van der Waals surface area contributed by atoms with Crippen molar-refractivity contribution in [3.8, 4) is 0 Å². The highest BCUT2D eigenvalue weighted by Gasteiger charge is 2.04. The van der Waals surface area contributed by atoms with Gasteiger partial charge in [0.2, 0.25) is 0 Å². The molecule has 0 aromatic heterocycles. The van der Waals surface area contributed by atoms with E-state index in [1.54, 1.807) is 0 Å². The highest BCUT2D eigenvalue weighted by Crippen LogP contribution is 2.17. The maximum Gasteiger partial charge on any atom is 0.0337 e. The molecule has 0 aliphatic heterocycles. The van der Waals surface area contributed by atoms with Gasteiger partial charge in [-0.3, -0.25) is 0 Å². The summed E-state index contributed by atoms with van der Waals surface area (Å²) in [6.45, 7) is 2.19. The molecule has 1 aromatic carbocycles. The van der Waals surface area contributed by atoms with Crippen molar-refractivity contribution in [3.05, 3.63) is 29.8 Å². The third-order valence-electron chi connectivity index (χ3n) is 2.36. The predicted octanol–water partition coefficient (Wildman–Crippen LogP) is 2.40. The Kier molecular flexibility index (Phi) is 3.77. The van der Waals surface area contributed by atoms with E-state index in [9.17, 15) is 0 Å². The first kappa shape index (κ1) is 10.1. The molecule has 0 heterocycles. The van der Waals surface area contributed by atoms with E-state index in [4.69, 9.17) is 0 Å². The lowest BCUT2D eigenvalue weighted by Gasteiger charge is -2.14. The van der Waals surface area contributed by atoms with Gasteiger partial charge in [0.25, 0.3) is 0 Å². The number of anilines is 1. The van der Waals surface area contributed by atoms with Crippen molar-refractivity contribution in [2.45, 2.75) is 19.4 Å². The van der Waals surface area contributed by atoms with Crippen molar-refractivity contribution < 1.29 is 0 Å². The van der Waals surface area contributed by atoms with Crippen LogP contribution in [0.1, 0.15) is 24.9 Å². The van der Waals surface area contributed by atoms with Crippen molar-refractivity contribution in [2.75, 3.05) is 19.4 Å². The Hall–Kier alpha value is -1.02. The van der Waals surface area contributed by atoms with Crippen molar-refractivity contribution in [1.82, 2.24) is 5.32 Å². The van der Waals surface area contributed by atoms with Gasteiger partial charge in [0, 0.05) is 18.8 Å². The molecule has 2 nitrogen and oxygen atoms in total. The van der Waals surface area contributed by atoms with Crippen LogP contribution in [-0.2, 0) is 0 Å². The van der Waals surface area contributed by atoms with Crippen LogP contribution in [0.25, 0.3) is 0 Å². The summed E-state index contributed by atoms with van der Waals surface area (Å²) in [5.41, 5.74) is 2.51. The molecule has 1 rings (SSSR count). The van der Waals surface area contributed by atoms with Crippen LogP contribution in [0.3, 0.4) is 0 Å². The zero-order chi connectivity index (χ0) is 9.68. The third kappa shape index (κ3) is 2.46. The van der Waals surface area contributed by atoms with Gasteiger partial charge in [-0.1, -0.05) is 19.1 Å². The highest BCUT2D eigenvalue weighted by molar-refractivity contribution is 5.44. The van der Waals surface area contributed by atoms with E-state index in [1.165, 1.54) is 5.56 Å². The van der Waals surface area contributed by atoms with E-state index in [2.05, 4.69) is 41.8 Å². The van der Waals surface area contributed by atoms with Gasteiger partial charge < -0.3 is 10.6 Å². The smallest absolute Gasteiger partial charge is 0.0337 e. The lowest BCUT2D eigenvalue weighted by Crippen LogP contribution is -2.14. The molecule has 0 spiro atoms. The summed E-state index contributed by atoms with van der Waals surface area (Å²) in [4.78, 5) is 0. The van der Waals surface area contributed by atoms with Crippen LogP contribution in [0.15, 0.2) is 24.3 Å². The maximum absolute atomic E-state index is 3.29. The quantitative estimate of drug-likeness (QED) is 0.739. The summed E-state index contributed by atoms with van der Waals surface area (Å²) in [6.07, 6.45) is 1.12. The number of nitrogens with one attached hydrogen (secondary N) is 2. The number of rotatable bonds is 4. The van der Waals surface area contributed by atoms with Crippen molar-refractivity contribution >= 4 is 5.69 Å². The Labute approximate surface area is 80.4 Å². The SMILES string of the molecule is CCC(NC)c1ccc(NC)cc1. The minimum absolute atomic E-state index is 0.478. The summed E-state index contributed by atoms with van der Waals surface area (Å²) < 4.78 is 0. The Morgan fingerprint density at radius 2 is 1.77 bits per heavy atom. The summed E-state index contributed by atoms with van der Waals surface area (Å²) in [5.74, 6) is 0. The van der Waals surface area contributed by atoms with E-state index in [0.717, 1.165) is 12.1 Å². The van der Waals surface area contributed by atoms with Gasteiger partial charge in [-0.25, -0.2) is 0 Å². The molecule has 2 N–H and O–H groups in total. The first-order valence-electron chi connectivity index (χ1n) is 4.76. The molecule has 2 heteroatoms. The second kappa shape index (κ2) is 4.87. The number of hydrogen-bond donors (Lipinski definition) is 2. The standard InChI is InChI=1S/C11H18N2/c1-4-11(13-3)9-5-7-10(12-2)8-6-9/h5-8,11-13H,4H2,1-3H3. The fraction of sp³-hybridized carbons (Fsp3) is 0.455. The molecule has 0 saturated carbocycles. The van der Waals surface area contributed by atoms with E-state index in [0.29, 0.717) is 6.04 Å². The van der Waals surface area contributed by atoms with Crippen molar-refractivity contribution in [3.63, 3.8) is 0 Å². The fourth-order valence-electron chi connectivity index (χ4n) is 1.49. The summed E-state index contributed by atoms with van der Waals surface area (Å²) >= 11 is 0. The minimum atomic E-state index is 0.478.